The van der Waals surface area contributed by atoms with Crippen molar-refractivity contribution < 1.29 is 19.4 Å². The summed E-state index contributed by atoms with van der Waals surface area (Å²) in [5, 5.41) is 9.83. The molecule has 106 valence electrons. The first-order chi connectivity index (χ1) is 9.60. The number of morpholine rings is 1. The maximum absolute atomic E-state index is 12.5. The molecule has 2 N–H and O–H groups in total. The van der Waals surface area contributed by atoms with Crippen molar-refractivity contribution in [3.63, 3.8) is 0 Å². The van der Waals surface area contributed by atoms with Gasteiger partial charge in [0.1, 0.15) is 11.8 Å². The molecule has 3 aliphatic heterocycles. The standard InChI is InChI=1S/C12H13N3O5/c16-7-1-2-15-9(10(7)17)11(18)14-4-12(5-19-6-12)20-3-8(14)13-15/h1-2,8,13,17H,3-6H2. The van der Waals surface area contributed by atoms with Crippen LogP contribution in [0.15, 0.2) is 17.1 Å². The lowest BCUT2D eigenvalue weighted by Crippen LogP contribution is -2.70. The second kappa shape index (κ2) is 3.74. The van der Waals surface area contributed by atoms with Crippen LogP contribution in [-0.4, -0.2) is 58.7 Å². The number of carbonyl (C=O) groups is 1. The Hall–Kier alpha value is -2.06. The number of aromatic hydroxyl groups is 1. The van der Waals surface area contributed by atoms with Crippen molar-refractivity contribution in [1.29, 1.82) is 0 Å². The average Bonchev–Trinajstić information content (AvgIpc) is 2.41. The van der Waals surface area contributed by atoms with Gasteiger partial charge in [0.05, 0.1) is 26.4 Å². The van der Waals surface area contributed by atoms with Gasteiger partial charge in [-0.15, -0.1) is 0 Å². The molecule has 0 aromatic carbocycles. The molecule has 1 amide bonds. The lowest BCUT2D eigenvalue weighted by atomic mass is 9.98. The van der Waals surface area contributed by atoms with Gasteiger partial charge in [0.15, 0.2) is 11.4 Å². The zero-order valence-electron chi connectivity index (χ0n) is 10.5. The van der Waals surface area contributed by atoms with Crippen LogP contribution in [0.2, 0.25) is 0 Å². The largest absolute Gasteiger partial charge is 0.502 e. The van der Waals surface area contributed by atoms with Crippen LogP contribution in [0.4, 0.5) is 0 Å². The summed E-state index contributed by atoms with van der Waals surface area (Å²) in [5.74, 6) is -0.910. The first kappa shape index (κ1) is 11.7. The molecule has 1 unspecified atom stereocenters. The molecule has 8 heteroatoms. The Morgan fingerprint density at radius 2 is 2.20 bits per heavy atom. The van der Waals surface area contributed by atoms with Crippen molar-refractivity contribution in [2.24, 2.45) is 0 Å². The topological polar surface area (TPSA) is 93.0 Å². The first-order valence-electron chi connectivity index (χ1n) is 6.34. The predicted molar refractivity (Wildman–Crippen MR) is 66.1 cm³/mol. The molecule has 1 atom stereocenters. The summed E-state index contributed by atoms with van der Waals surface area (Å²) in [4.78, 5) is 25.6. The maximum Gasteiger partial charge on any atom is 0.278 e. The normalized spacial score (nSPS) is 26.5. The van der Waals surface area contributed by atoms with E-state index >= 15 is 0 Å². The highest BCUT2D eigenvalue weighted by Crippen LogP contribution is 2.31. The summed E-state index contributed by atoms with van der Waals surface area (Å²) >= 11 is 0. The van der Waals surface area contributed by atoms with Crippen molar-refractivity contribution in [2.75, 3.05) is 31.8 Å². The van der Waals surface area contributed by atoms with Crippen LogP contribution in [0.1, 0.15) is 10.5 Å². The van der Waals surface area contributed by atoms with Crippen LogP contribution in [0.5, 0.6) is 5.75 Å². The fourth-order valence-electron chi connectivity index (χ4n) is 2.77. The Balaban J connectivity index is 1.75. The zero-order valence-corrected chi connectivity index (χ0v) is 10.5. The fraction of sp³-hybridized carbons (Fsp3) is 0.500. The minimum atomic E-state index is -0.570. The molecule has 20 heavy (non-hydrogen) atoms. The number of fused-ring (bicyclic) bond motifs is 2. The lowest BCUT2D eigenvalue weighted by molar-refractivity contribution is -0.241. The molecular weight excluding hydrogens is 266 g/mol. The number of hydrogen-bond acceptors (Lipinski definition) is 6. The van der Waals surface area contributed by atoms with E-state index in [0.29, 0.717) is 26.4 Å². The van der Waals surface area contributed by atoms with E-state index in [1.165, 1.54) is 16.9 Å². The van der Waals surface area contributed by atoms with E-state index < -0.39 is 16.8 Å². The molecule has 4 heterocycles. The third-order valence-electron chi connectivity index (χ3n) is 3.94. The van der Waals surface area contributed by atoms with Crippen LogP contribution >= 0.6 is 0 Å². The molecule has 1 aromatic heterocycles. The molecule has 0 bridgehead atoms. The van der Waals surface area contributed by atoms with Crippen LogP contribution in [0.25, 0.3) is 0 Å². The second-order valence-corrected chi connectivity index (χ2v) is 5.31. The van der Waals surface area contributed by atoms with Crippen LogP contribution in [0.3, 0.4) is 0 Å². The van der Waals surface area contributed by atoms with E-state index in [9.17, 15) is 14.7 Å². The second-order valence-electron chi connectivity index (χ2n) is 5.31. The van der Waals surface area contributed by atoms with Gasteiger partial charge >= 0.3 is 0 Å². The van der Waals surface area contributed by atoms with Gasteiger partial charge in [-0.05, 0) is 0 Å². The smallest absolute Gasteiger partial charge is 0.278 e. The van der Waals surface area contributed by atoms with E-state index in [0.717, 1.165) is 0 Å². The van der Waals surface area contributed by atoms with Crippen molar-refractivity contribution >= 4 is 5.91 Å². The number of carbonyl (C=O) groups excluding carboxylic acids is 1. The summed E-state index contributed by atoms with van der Waals surface area (Å²) in [7, 11) is 0. The molecule has 1 aromatic rings. The third-order valence-corrected chi connectivity index (χ3v) is 3.94. The third kappa shape index (κ3) is 1.43. The first-order valence-corrected chi connectivity index (χ1v) is 6.34. The van der Waals surface area contributed by atoms with E-state index in [1.54, 1.807) is 4.90 Å². The quantitative estimate of drug-likeness (QED) is 0.612. The van der Waals surface area contributed by atoms with Crippen molar-refractivity contribution in [3.05, 3.63) is 28.2 Å². The molecule has 2 saturated heterocycles. The molecule has 4 rings (SSSR count). The highest BCUT2D eigenvalue weighted by Gasteiger charge is 2.50. The summed E-state index contributed by atoms with van der Waals surface area (Å²) in [6.45, 7) is 1.63. The molecular formula is C12H13N3O5. The zero-order chi connectivity index (χ0) is 13.9. The molecule has 0 aliphatic carbocycles. The lowest BCUT2D eigenvalue weighted by Gasteiger charge is -2.52. The van der Waals surface area contributed by atoms with E-state index in [4.69, 9.17) is 9.47 Å². The van der Waals surface area contributed by atoms with Crippen molar-refractivity contribution in [1.82, 2.24) is 9.58 Å². The molecule has 1 spiro atoms. The van der Waals surface area contributed by atoms with E-state index in [1.807, 2.05) is 0 Å². The number of rotatable bonds is 0. The predicted octanol–water partition coefficient (Wildman–Crippen LogP) is -1.32. The molecule has 0 saturated carbocycles. The van der Waals surface area contributed by atoms with Gasteiger partial charge in [-0.25, -0.2) is 0 Å². The van der Waals surface area contributed by atoms with Gasteiger partial charge in [0, 0.05) is 12.3 Å². The molecule has 0 radical (unpaired) electrons. The van der Waals surface area contributed by atoms with Gasteiger partial charge in [0.25, 0.3) is 5.91 Å². The van der Waals surface area contributed by atoms with Gasteiger partial charge in [-0.2, -0.15) is 0 Å². The number of nitrogens with one attached hydrogen (secondary N) is 1. The highest BCUT2D eigenvalue weighted by molar-refractivity contribution is 5.96. The van der Waals surface area contributed by atoms with Gasteiger partial charge in [-0.1, -0.05) is 0 Å². The Bertz CT molecular complexity index is 651. The Labute approximate surface area is 113 Å². The van der Waals surface area contributed by atoms with Gasteiger partial charge in [-0.3, -0.25) is 14.3 Å². The number of ether oxygens (including phenoxy) is 2. The number of nitrogens with zero attached hydrogens (tertiary/aromatic N) is 2. The minimum absolute atomic E-state index is 0.0361. The van der Waals surface area contributed by atoms with E-state index in [-0.39, 0.29) is 17.8 Å². The number of pyridine rings is 1. The average molecular weight is 279 g/mol. The molecule has 8 nitrogen and oxygen atoms in total. The SMILES string of the molecule is O=C1c2c(O)c(=O)ccn2NC2COC3(COC3)CN12. The Morgan fingerprint density at radius 3 is 2.90 bits per heavy atom. The monoisotopic (exact) mass is 279 g/mol. The molecule has 3 aliphatic rings. The summed E-state index contributed by atoms with van der Waals surface area (Å²) < 4.78 is 12.3. The van der Waals surface area contributed by atoms with Crippen LogP contribution in [0, 0.1) is 0 Å². The number of amides is 1. The number of hydrogen-bond donors (Lipinski definition) is 2. The van der Waals surface area contributed by atoms with Gasteiger partial charge < -0.3 is 24.9 Å². The number of aromatic nitrogens is 1. The molecule has 2 fully saturated rings. The van der Waals surface area contributed by atoms with Crippen molar-refractivity contribution in [3.8, 4) is 5.75 Å². The summed E-state index contributed by atoms with van der Waals surface area (Å²) in [6.07, 6.45) is 1.12. The fourth-order valence-corrected chi connectivity index (χ4v) is 2.77. The Morgan fingerprint density at radius 1 is 1.40 bits per heavy atom. The van der Waals surface area contributed by atoms with Crippen LogP contribution < -0.4 is 10.9 Å². The van der Waals surface area contributed by atoms with Crippen LogP contribution in [-0.2, 0) is 9.47 Å². The highest BCUT2D eigenvalue weighted by atomic mass is 16.6. The van der Waals surface area contributed by atoms with Gasteiger partial charge in [0.2, 0.25) is 5.43 Å². The summed E-state index contributed by atoms with van der Waals surface area (Å²) in [6, 6.07) is 1.21. The minimum Gasteiger partial charge on any atom is -0.502 e. The van der Waals surface area contributed by atoms with E-state index in [2.05, 4.69) is 5.43 Å². The Kier molecular flexibility index (Phi) is 2.19. The maximum atomic E-state index is 12.5. The van der Waals surface area contributed by atoms with Crippen molar-refractivity contribution in [2.45, 2.75) is 11.8 Å². The summed E-state index contributed by atoms with van der Waals surface area (Å²) in [5.41, 5.74) is 1.99.